The van der Waals surface area contributed by atoms with Gasteiger partial charge in [-0.2, -0.15) is 0 Å². The molecule has 0 radical (unpaired) electrons. The summed E-state index contributed by atoms with van der Waals surface area (Å²) in [7, 11) is 0. The Morgan fingerprint density at radius 2 is 2.15 bits per heavy atom. The van der Waals surface area contributed by atoms with Crippen molar-refractivity contribution in [2.45, 2.75) is 19.8 Å². The van der Waals surface area contributed by atoms with E-state index in [1.807, 2.05) is 23.5 Å². The maximum Gasteiger partial charge on any atom is 0.0925 e. The van der Waals surface area contributed by atoms with Crippen LogP contribution in [0.3, 0.4) is 0 Å². The highest BCUT2D eigenvalue weighted by atomic mass is 15.5. The van der Waals surface area contributed by atoms with Crippen molar-refractivity contribution >= 4 is 16.5 Å². The summed E-state index contributed by atoms with van der Waals surface area (Å²) in [5, 5.41) is 13.0. The van der Waals surface area contributed by atoms with E-state index in [-0.39, 0.29) is 0 Å². The van der Waals surface area contributed by atoms with Gasteiger partial charge in [0.2, 0.25) is 0 Å². The summed E-state index contributed by atoms with van der Waals surface area (Å²) in [6, 6.07) is 8.32. The number of unbranched alkanes of at least 4 members (excludes halogenated alkanes) is 1. The lowest BCUT2D eigenvalue weighted by atomic mass is 10.1. The first-order chi connectivity index (χ1) is 9.86. The van der Waals surface area contributed by atoms with Crippen molar-refractivity contribution in [2.75, 3.05) is 13.1 Å². The number of benzene rings is 1. The maximum absolute atomic E-state index is 4.34. The third-order valence-electron chi connectivity index (χ3n) is 3.48. The molecule has 4 heteroatoms. The Morgan fingerprint density at radius 1 is 1.20 bits per heavy atom. The van der Waals surface area contributed by atoms with Gasteiger partial charge in [0.25, 0.3) is 0 Å². The van der Waals surface area contributed by atoms with Crippen LogP contribution in [0, 0.1) is 0 Å². The highest BCUT2D eigenvalue weighted by Crippen LogP contribution is 2.24. The molecule has 1 aliphatic heterocycles. The molecule has 1 aromatic heterocycles. The van der Waals surface area contributed by atoms with Crippen LogP contribution >= 0.6 is 0 Å². The topological polar surface area (TPSA) is 40.9 Å². The molecule has 0 unspecified atom stereocenters. The van der Waals surface area contributed by atoms with Gasteiger partial charge in [0.05, 0.1) is 12.2 Å². The predicted molar refractivity (Wildman–Crippen MR) is 81.1 cm³/mol. The zero-order valence-corrected chi connectivity index (χ0v) is 11.7. The Bertz CT molecular complexity index is 660. The summed E-state index contributed by atoms with van der Waals surface area (Å²) in [5.41, 5.74) is 2.07. The second kappa shape index (κ2) is 5.82. The molecule has 0 bridgehead atoms. The van der Waals surface area contributed by atoms with E-state index >= 15 is 0 Å². The molecule has 20 heavy (non-hydrogen) atoms. The highest BCUT2D eigenvalue weighted by molar-refractivity contribution is 5.85. The average molecular weight is 266 g/mol. The van der Waals surface area contributed by atoms with Crippen LogP contribution in [-0.2, 0) is 0 Å². The molecule has 1 aromatic carbocycles. The fourth-order valence-corrected chi connectivity index (χ4v) is 2.28. The number of aromatic nitrogens is 1. The van der Waals surface area contributed by atoms with Gasteiger partial charge < -0.3 is 0 Å². The van der Waals surface area contributed by atoms with Crippen molar-refractivity contribution < 1.29 is 0 Å². The summed E-state index contributed by atoms with van der Waals surface area (Å²) in [5.74, 6) is 0. The number of hydrogen-bond donors (Lipinski definition) is 0. The van der Waals surface area contributed by atoms with Crippen molar-refractivity contribution in [3.05, 3.63) is 48.3 Å². The molecule has 0 saturated heterocycles. The van der Waals surface area contributed by atoms with E-state index < -0.39 is 0 Å². The molecule has 0 atom stereocenters. The van der Waals surface area contributed by atoms with E-state index in [2.05, 4.69) is 46.5 Å². The van der Waals surface area contributed by atoms with Gasteiger partial charge in [-0.05, 0) is 30.0 Å². The third-order valence-corrected chi connectivity index (χ3v) is 3.48. The second-order valence-electron chi connectivity index (χ2n) is 4.98. The largest absolute Gasteiger partial charge is 0.275 e. The van der Waals surface area contributed by atoms with E-state index in [1.54, 1.807) is 0 Å². The van der Waals surface area contributed by atoms with Crippen LogP contribution in [0.4, 0.5) is 0 Å². The molecule has 0 aliphatic carbocycles. The van der Waals surface area contributed by atoms with Crippen LogP contribution < -0.4 is 0 Å². The molecule has 0 amide bonds. The van der Waals surface area contributed by atoms with Crippen molar-refractivity contribution in [2.24, 2.45) is 10.3 Å². The summed E-state index contributed by atoms with van der Waals surface area (Å²) in [4.78, 5) is 4.13. The van der Waals surface area contributed by atoms with E-state index in [4.69, 9.17) is 0 Å². The van der Waals surface area contributed by atoms with Crippen LogP contribution in [-0.4, -0.2) is 23.1 Å². The Labute approximate surface area is 118 Å². The summed E-state index contributed by atoms with van der Waals surface area (Å²) >= 11 is 0. The van der Waals surface area contributed by atoms with Crippen LogP contribution in [0.25, 0.3) is 16.5 Å². The minimum atomic E-state index is 0.840. The normalized spacial score (nSPS) is 14.7. The van der Waals surface area contributed by atoms with E-state index in [0.717, 1.165) is 36.2 Å². The Kier molecular flexibility index (Phi) is 3.72. The lowest BCUT2D eigenvalue weighted by Crippen LogP contribution is -2.20. The minimum Gasteiger partial charge on any atom is -0.275 e. The van der Waals surface area contributed by atoms with Gasteiger partial charge >= 0.3 is 0 Å². The number of rotatable bonds is 4. The lowest BCUT2D eigenvalue weighted by molar-refractivity contribution is 0.288. The molecule has 0 saturated carbocycles. The number of pyridine rings is 1. The van der Waals surface area contributed by atoms with Gasteiger partial charge in [0, 0.05) is 29.9 Å². The zero-order valence-electron chi connectivity index (χ0n) is 11.7. The highest BCUT2D eigenvalue weighted by Gasteiger charge is 2.09. The Morgan fingerprint density at radius 3 is 2.95 bits per heavy atom. The first-order valence-electron chi connectivity index (χ1n) is 7.08. The fraction of sp³-hybridized carbons (Fsp3) is 0.312. The Hall–Kier alpha value is -2.23. The van der Waals surface area contributed by atoms with Gasteiger partial charge in [0.15, 0.2) is 0 Å². The summed E-state index contributed by atoms with van der Waals surface area (Å²) in [6.07, 6.45) is 8.18. The molecular weight excluding hydrogens is 248 g/mol. The zero-order chi connectivity index (χ0) is 13.8. The molecule has 0 N–H and O–H groups in total. The van der Waals surface area contributed by atoms with E-state index in [0.29, 0.717) is 0 Å². The third kappa shape index (κ3) is 2.69. The van der Waals surface area contributed by atoms with Crippen molar-refractivity contribution in [1.82, 2.24) is 9.99 Å². The summed E-state index contributed by atoms with van der Waals surface area (Å²) < 4.78 is 0. The number of fused-ring (bicyclic) bond motifs is 1. The van der Waals surface area contributed by atoms with Crippen LogP contribution in [0.1, 0.15) is 25.3 Å². The van der Waals surface area contributed by atoms with E-state index in [1.165, 1.54) is 11.8 Å². The molecule has 3 rings (SSSR count). The number of hydrogen-bond acceptors (Lipinski definition) is 4. The molecule has 1 aliphatic rings. The second-order valence-corrected chi connectivity index (χ2v) is 4.98. The molecule has 2 aromatic rings. The fourth-order valence-electron chi connectivity index (χ4n) is 2.28. The lowest BCUT2D eigenvalue weighted by Gasteiger charge is -2.19. The maximum atomic E-state index is 4.34. The molecular formula is C16H18N4. The first kappa shape index (κ1) is 12.8. The SMILES string of the molecule is CCCCN1CC=C(c2ccc3cnccc3c2)N=N1. The van der Waals surface area contributed by atoms with Crippen LogP contribution in [0.15, 0.2) is 53.1 Å². The van der Waals surface area contributed by atoms with Crippen LogP contribution in [0.2, 0.25) is 0 Å². The van der Waals surface area contributed by atoms with Gasteiger partial charge in [-0.1, -0.05) is 30.7 Å². The van der Waals surface area contributed by atoms with Gasteiger partial charge in [-0.15, -0.1) is 5.11 Å². The predicted octanol–water partition coefficient (Wildman–Crippen LogP) is 4.06. The minimum absolute atomic E-state index is 0.840. The standard InChI is InChI=1S/C16H18N4/c1-2-3-9-20-10-7-16(18-19-20)14-4-5-15-12-17-8-6-13(15)11-14/h4-8,11-12H,2-3,9-10H2,1H3. The average Bonchev–Trinajstić information content (AvgIpc) is 2.53. The van der Waals surface area contributed by atoms with Crippen LogP contribution in [0.5, 0.6) is 0 Å². The van der Waals surface area contributed by atoms with Gasteiger partial charge in [0.1, 0.15) is 0 Å². The number of nitrogens with zero attached hydrogens (tertiary/aromatic N) is 4. The smallest absolute Gasteiger partial charge is 0.0925 e. The Balaban J connectivity index is 1.79. The monoisotopic (exact) mass is 266 g/mol. The first-order valence-corrected chi connectivity index (χ1v) is 7.08. The van der Waals surface area contributed by atoms with Gasteiger partial charge in [-0.25, -0.2) is 0 Å². The van der Waals surface area contributed by atoms with Crippen molar-refractivity contribution in [3.63, 3.8) is 0 Å². The molecule has 2 heterocycles. The van der Waals surface area contributed by atoms with Gasteiger partial charge in [-0.3, -0.25) is 9.99 Å². The van der Waals surface area contributed by atoms with E-state index in [9.17, 15) is 0 Å². The van der Waals surface area contributed by atoms with Crippen molar-refractivity contribution in [1.29, 1.82) is 0 Å². The quantitative estimate of drug-likeness (QED) is 0.837. The molecule has 0 spiro atoms. The molecule has 4 nitrogen and oxygen atoms in total. The molecule has 0 fully saturated rings. The summed E-state index contributed by atoms with van der Waals surface area (Å²) in [6.45, 7) is 4.01. The molecule has 102 valence electrons. The van der Waals surface area contributed by atoms with Crippen molar-refractivity contribution in [3.8, 4) is 0 Å².